The molecular formula is C23H37ClPPd+. The van der Waals surface area contributed by atoms with Crippen molar-refractivity contribution in [3.8, 4) is 0 Å². The Labute approximate surface area is 178 Å². The Kier molecular flexibility index (Phi) is 9.15. The van der Waals surface area contributed by atoms with E-state index in [4.69, 9.17) is 6.66 Å². The van der Waals surface area contributed by atoms with Crippen molar-refractivity contribution in [1.82, 2.24) is 0 Å². The summed E-state index contributed by atoms with van der Waals surface area (Å²) in [6, 6.07) is 9.76. The molecule has 0 aromatic heterocycles. The Morgan fingerprint density at radius 1 is 0.808 bits per heavy atom. The van der Waals surface area contributed by atoms with Crippen LogP contribution in [0.3, 0.4) is 0 Å². The van der Waals surface area contributed by atoms with Gasteiger partial charge in [0.15, 0.2) is 0 Å². The Morgan fingerprint density at radius 3 is 1.54 bits per heavy atom. The third-order valence-corrected chi connectivity index (χ3v) is 11.6. The summed E-state index contributed by atoms with van der Waals surface area (Å²) in [7, 11) is 3.19. The van der Waals surface area contributed by atoms with Crippen LogP contribution in [-0.4, -0.2) is 11.3 Å². The van der Waals surface area contributed by atoms with Gasteiger partial charge in [-0.1, -0.05) is 53.0 Å². The van der Waals surface area contributed by atoms with Crippen LogP contribution in [-0.2, 0) is 23.6 Å². The molecule has 26 heavy (non-hydrogen) atoms. The molecule has 0 amide bonds. The van der Waals surface area contributed by atoms with Crippen LogP contribution in [0.4, 0.5) is 0 Å². The molecule has 0 spiro atoms. The minimum absolute atomic E-state index is 0.247. The van der Waals surface area contributed by atoms with Crippen molar-refractivity contribution in [3.05, 3.63) is 36.5 Å². The third-order valence-electron chi connectivity index (χ3n) is 6.67. The monoisotopic (exact) mass is 485 g/mol. The molecule has 0 N–H and O–H groups in total. The maximum atomic E-state index is 5.09. The molecule has 1 aromatic carbocycles. The van der Waals surface area contributed by atoms with Crippen molar-refractivity contribution in [3.63, 3.8) is 0 Å². The number of hydrogen-bond donors (Lipinski definition) is 0. The van der Waals surface area contributed by atoms with Crippen molar-refractivity contribution in [2.75, 3.05) is 0 Å². The predicted molar refractivity (Wildman–Crippen MR) is 117 cm³/mol. The van der Waals surface area contributed by atoms with E-state index < -0.39 is 7.26 Å². The summed E-state index contributed by atoms with van der Waals surface area (Å²) in [6.45, 7) is 12.0. The van der Waals surface area contributed by atoms with E-state index in [1.54, 1.807) is 5.30 Å². The standard InChI is InChI=1S/C23H37P.ClH.Pd/c1-23(2,3)19-15-17-22(18-16-19)24(4,20-11-7-5-8-12-20)21-13-9-6-10-14-21;;/h15-18,20-21H,4-14H2,1-3H3;1H;/q;;+2/p-1. The Bertz CT molecular complexity index is 504. The average Bonchev–Trinajstić information content (AvgIpc) is 2.70. The van der Waals surface area contributed by atoms with E-state index in [1.165, 1.54) is 69.8 Å². The number of rotatable bonds is 3. The maximum absolute atomic E-state index is 5.09. The molecular weight excluding hydrogens is 449 g/mol. The molecule has 0 heterocycles. The number of benzene rings is 1. The molecule has 3 heteroatoms. The fourth-order valence-electron chi connectivity index (χ4n) is 5.04. The van der Waals surface area contributed by atoms with E-state index in [9.17, 15) is 0 Å². The SMILES string of the molecule is [CH2-][P+](c1ccc(C(C)(C)C)cc1)(C1CCCCC1)C1CCCCC1.[Cl][Pd+]. The number of hydrogen-bond acceptors (Lipinski definition) is 0. The van der Waals surface area contributed by atoms with E-state index in [0.717, 1.165) is 11.3 Å². The van der Waals surface area contributed by atoms with E-state index in [1.807, 2.05) is 0 Å². The molecule has 0 nitrogen and oxygen atoms in total. The van der Waals surface area contributed by atoms with Crippen molar-refractivity contribution in [1.29, 1.82) is 0 Å². The van der Waals surface area contributed by atoms with Gasteiger partial charge in [0.05, 0.1) is 5.30 Å². The van der Waals surface area contributed by atoms with E-state index in [0.29, 0.717) is 0 Å². The summed E-state index contributed by atoms with van der Waals surface area (Å²) in [5.74, 6) is 0. The zero-order valence-corrected chi connectivity index (χ0v) is 20.1. The molecule has 3 rings (SSSR count). The predicted octanol–water partition coefficient (Wildman–Crippen LogP) is 7.77. The van der Waals surface area contributed by atoms with Crippen LogP contribution >= 0.6 is 16.8 Å². The van der Waals surface area contributed by atoms with E-state index in [-0.39, 0.29) is 5.41 Å². The van der Waals surface area contributed by atoms with Crippen molar-refractivity contribution >= 4 is 22.1 Å². The van der Waals surface area contributed by atoms with E-state index in [2.05, 4.69) is 72.7 Å². The Hall–Kier alpha value is 0.602. The molecule has 0 bridgehead atoms. The van der Waals surface area contributed by atoms with Gasteiger partial charge in [-0.05, 0) is 74.5 Å². The Morgan fingerprint density at radius 2 is 1.19 bits per heavy atom. The fourth-order valence-corrected chi connectivity index (χ4v) is 9.76. The molecule has 0 atom stereocenters. The van der Waals surface area contributed by atoms with Gasteiger partial charge in [-0.15, -0.1) is 0 Å². The van der Waals surface area contributed by atoms with Crippen LogP contribution in [0.5, 0.6) is 0 Å². The number of halogens is 1. The van der Waals surface area contributed by atoms with Crippen LogP contribution in [0.1, 0.15) is 90.5 Å². The summed E-state index contributed by atoms with van der Waals surface area (Å²) in [4.78, 5) is 0. The summed E-state index contributed by atoms with van der Waals surface area (Å²) in [5.41, 5.74) is 3.51. The van der Waals surface area contributed by atoms with Gasteiger partial charge in [0.25, 0.3) is 0 Å². The van der Waals surface area contributed by atoms with Crippen LogP contribution in [0.25, 0.3) is 0 Å². The van der Waals surface area contributed by atoms with Gasteiger partial charge < -0.3 is 0 Å². The topological polar surface area (TPSA) is 0 Å². The van der Waals surface area contributed by atoms with Crippen molar-refractivity contribution in [2.45, 2.75) is 102 Å². The molecule has 2 saturated carbocycles. The van der Waals surface area contributed by atoms with Gasteiger partial charge in [0.1, 0.15) is 0 Å². The van der Waals surface area contributed by atoms with Crippen LogP contribution in [0.15, 0.2) is 24.3 Å². The molecule has 0 unspecified atom stereocenters. The summed E-state index contributed by atoms with van der Waals surface area (Å²) in [5, 5.41) is 1.63. The molecule has 2 aliphatic rings. The second-order valence-electron chi connectivity index (χ2n) is 9.31. The van der Waals surface area contributed by atoms with Gasteiger partial charge in [-0.3, -0.25) is 0 Å². The average molecular weight is 486 g/mol. The molecule has 1 aromatic rings. The molecule has 0 radical (unpaired) electrons. The second-order valence-corrected chi connectivity index (χ2v) is 13.1. The first-order chi connectivity index (χ1) is 12.4. The van der Waals surface area contributed by atoms with Crippen LogP contribution in [0, 0.1) is 6.66 Å². The summed E-state index contributed by atoms with van der Waals surface area (Å²) in [6.07, 6.45) is 14.4. The van der Waals surface area contributed by atoms with Crippen LogP contribution in [0.2, 0.25) is 0 Å². The first-order valence-corrected chi connectivity index (χ1v) is 14.5. The first-order valence-electron chi connectivity index (χ1n) is 10.4. The van der Waals surface area contributed by atoms with Crippen molar-refractivity contribution < 1.29 is 18.2 Å². The summed E-state index contributed by atoms with van der Waals surface area (Å²) < 4.78 is 0. The van der Waals surface area contributed by atoms with E-state index >= 15 is 0 Å². The Balaban J connectivity index is 0.00000117. The van der Waals surface area contributed by atoms with Gasteiger partial charge in [-0.25, -0.2) is 0 Å². The third kappa shape index (κ3) is 5.35. The summed E-state index contributed by atoms with van der Waals surface area (Å²) >= 11 is 2.22. The molecule has 2 aliphatic carbocycles. The van der Waals surface area contributed by atoms with Gasteiger partial charge in [0.2, 0.25) is 0 Å². The van der Waals surface area contributed by atoms with Gasteiger partial charge >= 0.3 is 27.7 Å². The zero-order chi connectivity index (χ0) is 19.2. The van der Waals surface area contributed by atoms with Gasteiger partial charge in [0, 0.05) is 11.3 Å². The second kappa shape index (κ2) is 10.4. The van der Waals surface area contributed by atoms with Crippen molar-refractivity contribution in [2.24, 2.45) is 0 Å². The van der Waals surface area contributed by atoms with Crippen LogP contribution < -0.4 is 5.30 Å². The molecule has 0 aliphatic heterocycles. The minimum atomic E-state index is -1.29. The molecule has 2 fully saturated rings. The molecule has 150 valence electrons. The zero-order valence-electron chi connectivity index (χ0n) is 16.9. The van der Waals surface area contributed by atoms with Gasteiger partial charge in [-0.2, -0.15) is 6.66 Å². The normalized spacial score (nSPS) is 20.4. The molecule has 0 saturated heterocycles. The quantitative estimate of drug-likeness (QED) is 0.233. The fraction of sp³-hybridized carbons (Fsp3) is 0.696. The first kappa shape index (κ1) is 22.9.